The van der Waals surface area contributed by atoms with Crippen LogP contribution in [0.3, 0.4) is 0 Å². The van der Waals surface area contributed by atoms with E-state index in [0.29, 0.717) is 0 Å². The summed E-state index contributed by atoms with van der Waals surface area (Å²) in [7, 11) is 0. The van der Waals surface area contributed by atoms with Crippen LogP contribution in [0.2, 0.25) is 0 Å². The van der Waals surface area contributed by atoms with Crippen LogP contribution in [0.1, 0.15) is 6.42 Å². The van der Waals surface area contributed by atoms with Gasteiger partial charge < -0.3 is 5.32 Å². The van der Waals surface area contributed by atoms with E-state index >= 15 is 0 Å². The lowest BCUT2D eigenvalue weighted by molar-refractivity contribution is -0.297. The molecule has 0 saturated carbocycles. The van der Waals surface area contributed by atoms with E-state index in [1.165, 1.54) is 0 Å². The van der Waals surface area contributed by atoms with E-state index in [1.54, 1.807) is 0 Å². The molecule has 1 rings (SSSR count). The highest BCUT2D eigenvalue weighted by Crippen LogP contribution is 2.45. The zero-order chi connectivity index (χ0) is 11.0. The van der Waals surface area contributed by atoms with E-state index in [1.807, 2.05) is 0 Å². The molecule has 0 aliphatic carbocycles. The lowest BCUT2D eigenvalue weighted by Gasteiger charge is -2.27. The van der Waals surface area contributed by atoms with Crippen molar-refractivity contribution in [1.29, 1.82) is 0 Å². The molecule has 7 heteroatoms. The molecule has 14 heavy (non-hydrogen) atoms. The minimum atomic E-state index is -5.20. The van der Waals surface area contributed by atoms with Crippen molar-refractivity contribution in [2.24, 2.45) is 11.8 Å². The zero-order valence-electron chi connectivity index (χ0n) is 7.04. The standard InChI is InChI=1S/C7H9F6N/c8-6(9,10)5(7(11,12)13)4-1-2-14-3-4/h4-5,14H,1-3H2. The molecule has 1 N–H and O–H groups in total. The Bertz CT molecular complexity index is 175. The lowest BCUT2D eigenvalue weighted by Crippen LogP contribution is -2.42. The van der Waals surface area contributed by atoms with Gasteiger partial charge in [0, 0.05) is 0 Å². The van der Waals surface area contributed by atoms with Crippen LogP contribution in [-0.2, 0) is 0 Å². The third-order valence-corrected chi connectivity index (χ3v) is 2.28. The van der Waals surface area contributed by atoms with Crippen molar-refractivity contribution in [2.75, 3.05) is 13.1 Å². The van der Waals surface area contributed by atoms with Crippen LogP contribution in [0.15, 0.2) is 0 Å². The predicted octanol–water partition coefficient (Wildman–Crippen LogP) is 2.34. The van der Waals surface area contributed by atoms with Gasteiger partial charge in [-0.15, -0.1) is 0 Å². The first-order chi connectivity index (χ1) is 6.23. The average Bonchev–Trinajstić information content (AvgIpc) is 2.31. The van der Waals surface area contributed by atoms with Gasteiger partial charge in [0.05, 0.1) is 0 Å². The maximum Gasteiger partial charge on any atom is 0.400 e. The molecule has 1 aliphatic rings. The Morgan fingerprint density at radius 1 is 1.00 bits per heavy atom. The third kappa shape index (κ3) is 2.52. The van der Waals surface area contributed by atoms with Crippen LogP contribution in [-0.4, -0.2) is 25.4 Å². The van der Waals surface area contributed by atoms with Crippen molar-refractivity contribution in [2.45, 2.75) is 18.8 Å². The van der Waals surface area contributed by atoms with Gasteiger partial charge in [0.2, 0.25) is 0 Å². The first-order valence-corrected chi connectivity index (χ1v) is 4.07. The van der Waals surface area contributed by atoms with Gasteiger partial charge in [-0.05, 0) is 25.4 Å². The van der Waals surface area contributed by atoms with E-state index < -0.39 is 24.2 Å². The first-order valence-electron chi connectivity index (χ1n) is 4.07. The number of hydrogen-bond acceptors (Lipinski definition) is 1. The molecule has 0 aromatic carbocycles. The van der Waals surface area contributed by atoms with Gasteiger partial charge in [-0.1, -0.05) is 0 Å². The summed E-state index contributed by atoms with van der Waals surface area (Å²) in [5.74, 6) is -4.57. The molecule has 1 heterocycles. The minimum absolute atomic E-state index is 0.0797. The highest BCUT2D eigenvalue weighted by molar-refractivity contribution is 4.86. The summed E-state index contributed by atoms with van der Waals surface area (Å²) in [4.78, 5) is 0. The molecule has 1 atom stereocenters. The fraction of sp³-hybridized carbons (Fsp3) is 1.00. The monoisotopic (exact) mass is 221 g/mol. The topological polar surface area (TPSA) is 12.0 Å². The Hall–Kier alpha value is -0.460. The maximum absolute atomic E-state index is 12.1. The zero-order valence-corrected chi connectivity index (χ0v) is 7.04. The minimum Gasteiger partial charge on any atom is -0.316 e. The van der Waals surface area contributed by atoms with Crippen molar-refractivity contribution in [3.05, 3.63) is 0 Å². The summed E-state index contributed by atoms with van der Waals surface area (Å²) in [6.45, 7) is -0.00296. The molecule has 1 fully saturated rings. The van der Waals surface area contributed by atoms with E-state index in [2.05, 4.69) is 5.32 Å². The Morgan fingerprint density at radius 2 is 1.50 bits per heavy atom. The second kappa shape index (κ2) is 3.60. The lowest BCUT2D eigenvalue weighted by atomic mass is 9.90. The van der Waals surface area contributed by atoms with Crippen LogP contribution < -0.4 is 5.32 Å². The number of halogens is 6. The Labute approximate surface area is 76.5 Å². The van der Waals surface area contributed by atoms with Gasteiger partial charge in [-0.3, -0.25) is 0 Å². The largest absolute Gasteiger partial charge is 0.400 e. The van der Waals surface area contributed by atoms with E-state index in [0.717, 1.165) is 0 Å². The van der Waals surface area contributed by atoms with E-state index in [-0.39, 0.29) is 19.5 Å². The fourth-order valence-electron chi connectivity index (χ4n) is 1.68. The van der Waals surface area contributed by atoms with E-state index in [9.17, 15) is 26.3 Å². The summed E-state index contributed by atoms with van der Waals surface area (Å²) in [5, 5.41) is 2.50. The van der Waals surface area contributed by atoms with Gasteiger partial charge in [0.15, 0.2) is 5.92 Å². The molecule has 0 radical (unpaired) electrons. The molecule has 0 aromatic heterocycles. The quantitative estimate of drug-likeness (QED) is 0.670. The summed E-state index contributed by atoms with van der Waals surface area (Å²) in [6, 6.07) is 0. The SMILES string of the molecule is FC(F)(F)C(C1CCNC1)C(F)(F)F. The van der Waals surface area contributed by atoms with Crippen LogP contribution in [0.5, 0.6) is 0 Å². The number of nitrogens with one attached hydrogen (secondary N) is 1. The predicted molar refractivity (Wildman–Crippen MR) is 36.6 cm³/mol. The summed E-state index contributed by atoms with van der Waals surface area (Å²) in [5.41, 5.74) is 0. The highest BCUT2D eigenvalue weighted by Gasteiger charge is 2.60. The van der Waals surface area contributed by atoms with Crippen molar-refractivity contribution in [3.8, 4) is 0 Å². The normalized spacial score (nSPS) is 24.6. The number of alkyl halides is 6. The molecule has 1 unspecified atom stereocenters. The third-order valence-electron chi connectivity index (χ3n) is 2.28. The Morgan fingerprint density at radius 3 is 1.79 bits per heavy atom. The van der Waals surface area contributed by atoms with Gasteiger partial charge in [-0.2, -0.15) is 26.3 Å². The molecular formula is C7H9F6N. The molecule has 0 bridgehead atoms. The highest BCUT2D eigenvalue weighted by atomic mass is 19.4. The first kappa shape index (κ1) is 11.6. The van der Waals surface area contributed by atoms with Crippen LogP contribution in [0, 0.1) is 11.8 Å². The van der Waals surface area contributed by atoms with Gasteiger partial charge in [0.25, 0.3) is 0 Å². The molecule has 0 spiro atoms. The van der Waals surface area contributed by atoms with Crippen LogP contribution in [0.4, 0.5) is 26.3 Å². The second-order valence-corrected chi connectivity index (χ2v) is 3.31. The molecule has 0 aromatic rings. The second-order valence-electron chi connectivity index (χ2n) is 3.31. The smallest absolute Gasteiger partial charge is 0.316 e. The van der Waals surface area contributed by atoms with Crippen LogP contribution >= 0.6 is 0 Å². The van der Waals surface area contributed by atoms with E-state index in [4.69, 9.17) is 0 Å². The molecule has 1 aliphatic heterocycles. The summed E-state index contributed by atoms with van der Waals surface area (Å²) < 4.78 is 72.7. The molecule has 1 saturated heterocycles. The summed E-state index contributed by atoms with van der Waals surface area (Å²) >= 11 is 0. The molecular weight excluding hydrogens is 212 g/mol. The van der Waals surface area contributed by atoms with Crippen molar-refractivity contribution in [1.82, 2.24) is 5.32 Å². The number of rotatable bonds is 1. The van der Waals surface area contributed by atoms with Crippen molar-refractivity contribution >= 4 is 0 Å². The van der Waals surface area contributed by atoms with Gasteiger partial charge in [-0.25, -0.2) is 0 Å². The average molecular weight is 221 g/mol. The van der Waals surface area contributed by atoms with Crippen molar-refractivity contribution in [3.63, 3.8) is 0 Å². The molecule has 84 valence electrons. The summed E-state index contributed by atoms with van der Waals surface area (Å²) in [6.07, 6.45) is -10.5. The molecule has 1 nitrogen and oxygen atoms in total. The molecule has 0 amide bonds. The fourth-order valence-corrected chi connectivity index (χ4v) is 1.68. The van der Waals surface area contributed by atoms with Gasteiger partial charge in [0.1, 0.15) is 0 Å². The number of hydrogen-bond donors (Lipinski definition) is 1. The van der Waals surface area contributed by atoms with Gasteiger partial charge >= 0.3 is 12.4 Å². The Kier molecular flexibility index (Phi) is 2.99. The van der Waals surface area contributed by atoms with Crippen LogP contribution in [0.25, 0.3) is 0 Å². The Balaban J connectivity index is 2.82. The maximum atomic E-state index is 12.1. The van der Waals surface area contributed by atoms with Crippen molar-refractivity contribution < 1.29 is 26.3 Å².